The lowest BCUT2D eigenvalue weighted by Gasteiger charge is -2.17. The molecule has 2 aromatic rings. The van der Waals surface area contributed by atoms with Crippen LogP contribution in [0.4, 0.5) is 5.69 Å². The van der Waals surface area contributed by atoms with Crippen LogP contribution < -0.4 is 4.90 Å². The molecule has 2 rings (SSSR count). The second kappa shape index (κ2) is 5.84. The second-order valence-electron chi connectivity index (χ2n) is 4.24. The van der Waals surface area contributed by atoms with Gasteiger partial charge in [-0.1, -0.05) is 6.07 Å². The zero-order valence-corrected chi connectivity index (χ0v) is 11.1. The number of nitrogens with zero attached hydrogens (tertiary/aromatic N) is 3. The molecular weight excluding hydrogens is 270 g/mol. The van der Waals surface area contributed by atoms with Crippen LogP contribution in [0.2, 0.25) is 0 Å². The quantitative estimate of drug-likeness (QED) is 0.927. The van der Waals surface area contributed by atoms with Gasteiger partial charge in [0.05, 0.1) is 11.6 Å². The number of hydrogen-bond acceptors (Lipinski definition) is 4. The molecule has 0 aliphatic rings. The van der Waals surface area contributed by atoms with E-state index < -0.39 is 11.9 Å². The van der Waals surface area contributed by atoms with Crippen LogP contribution in [0.15, 0.2) is 42.5 Å². The molecule has 0 atom stereocenters. The Morgan fingerprint density at radius 1 is 1.14 bits per heavy atom. The summed E-state index contributed by atoms with van der Waals surface area (Å²) in [5.41, 5.74) is 0.933. The third-order valence-electron chi connectivity index (χ3n) is 2.88. The molecule has 1 N–H and O–H groups in total. The number of amides is 1. The summed E-state index contributed by atoms with van der Waals surface area (Å²) < 4.78 is 0. The highest BCUT2D eigenvalue weighted by Crippen LogP contribution is 2.16. The highest BCUT2D eigenvalue weighted by Gasteiger charge is 2.16. The Bertz CT molecular complexity index is 733. The molecule has 21 heavy (non-hydrogen) atoms. The smallest absolute Gasteiger partial charge is 0.354 e. The molecule has 0 unspecified atom stereocenters. The van der Waals surface area contributed by atoms with Gasteiger partial charge < -0.3 is 10.0 Å². The Balaban J connectivity index is 2.28. The molecule has 1 aromatic carbocycles. The summed E-state index contributed by atoms with van der Waals surface area (Å²) in [7, 11) is 1.55. The fourth-order valence-corrected chi connectivity index (χ4v) is 1.72. The third-order valence-corrected chi connectivity index (χ3v) is 2.88. The molecule has 0 fully saturated rings. The largest absolute Gasteiger partial charge is 0.477 e. The molecule has 6 heteroatoms. The molecule has 0 spiro atoms. The first-order chi connectivity index (χ1) is 10.0. The van der Waals surface area contributed by atoms with Crippen molar-refractivity contribution in [3.63, 3.8) is 0 Å². The summed E-state index contributed by atoms with van der Waals surface area (Å²) in [5, 5.41) is 17.6. The zero-order valence-electron chi connectivity index (χ0n) is 11.1. The average molecular weight is 281 g/mol. The van der Waals surface area contributed by atoms with E-state index in [0.717, 1.165) is 0 Å². The molecule has 0 bridgehead atoms. The van der Waals surface area contributed by atoms with Crippen molar-refractivity contribution in [1.29, 1.82) is 5.26 Å². The number of rotatable bonds is 3. The minimum Gasteiger partial charge on any atom is -0.477 e. The van der Waals surface area contributed by atoms with E-state index in [0.29, 0.717) is 11.3 Å². The van der Waals surface area contributed by atoms with Crippen molar-refractivity contribution < 1.29 is 14.7 Å². The average Bonchev–Trinajstić information content (AvgIpc) is 2.53. The van der Waals surface area contributed by atoms with E-state index in [1.54, 1.807) is 31.3 Å². The predicted octanol–water partition coefficient (Wildman–Crippen LogP) is 1.93. The second-order valence-corrected chi connectivity index (χ2v) is 4.24. The lowest BCUT2D eigenvalue weighted by molar-refractivity contribution is 0.0690. The Kier molecular flexibility index (Phi) is 3.95. The highest BCUT2D eigenvalue weighted by atomic mass is 16.4. The molecule has 1 aromatic heterocycles. The van der Waals surface area contributed by atoms with E-state index in [1.165, 1.54) is 23.1 Å². The minimum absolute atomic E-state index is 0.0433. The first-order valence-electron chi connectivity index (χ1n) is 6.01. The van der Waals surface area contributed by atoms with E-state index in [2.05, 4.69) is 4.98 Å². The lowest BCUT2D eigenvalue weighted by atomic mass is 10.2. The van der Waals surface area contributed by atoms with Gasteiger partial charge in [0.15, 0.2) is 0 Å². The van der Waals surface area contributed by atoms with Gasteiger partial charge in [0.25, 0.3) is 5.91 Å². The van der Waals surface area contributed by atoms with Gasteiger partial charge >= 0.3 is 5.97 Å². The number of carboxylic acid groups (broad SMARTS) is 1. The number of benzene rings is 1. The van der Waals surface area contributed by atoms with Gasteiger partial charge in [0.1, 0.15) is 11.4 Å². The van der Waals surface area contributed by atoms with Crippen molar-refractivity contribution in [2.75, 3.05) is 11.9 Å². The number of aromatic nitrogens is 1. The van der Waals surface area contributed by atoms with Crippen LogP contribution in [0.5, 0.6) is 0 Å². The number of carbonyl (C=O) groups is 2. The van der Waals surface area contributed by atoms with Gasteiger partial charge in [-0.2, -0.15) is 5.26 Å². The molecule has 0 aliphatic heterocycles. The van der Waals surface area contributed by atoms with Crippen LogP contribution in [0.25, 0.3) is 0 Å². The van der Waals surface area contributed by atoms with Crippen molar-refractivity contribution in [3.05, 3.63) is 59.4 Å². The normalized spacial score (nSPS) is 9.71. The fraction of sp³-hybridized carbons (Fsp3) is 0.0667. The van der Waals surface area contributed by atoms with E-state index in [-0.39, 0.29) is 11.4 Å². The number of anilines is 1. The summed E-state index contributed by atoms with van der Waals surface area (Å²) in [6.07, 6.45) is 0. The van der Waals surface area contributed by atoms with E-state index in [4.69, 9.17) is 10.4 Å². The number of aromatic carboxylic acids is 1. The topological polar surface area (TPSA) is 94.3 Å². The van der Waals surface area contributed by atoms with Crippen LogP contribution in [-0.2, 0) is 0 Å². The first kappa shape index (κ1) is 14.2. The summed E-state index contributed by atoms with van der Waals surface area (Å²) in [4.78, 5) is 28.3. The molecule has 104 valence electrons. The van der Waals surface area contributed by atoms with Crippen LogP contribution in [0.1, 0.15) is 26.5 Å². The standard InChI is InChI=1S/C15H11N3O3/c1-18(11-7-5-10(9-16)6-8-11)14(19)12-3-2-4-13(17-12)15(20)21/h2-8H,1H3,(H,20,21). The molecule has 0 aliphatic carbocycles. The SMILES string of the molecule is CN(C(=O)c1cccc(C(=O)O)n1)c1ccc(C#N)cc1. The highest BCUT2D eigenvalue weighted by molar-refractivity contribution is 6.04. The van der Waals surface area contributed by atoms with Gasteiger partial charge in [-0.3, -0.25) is 4.79 Å². The van der Waals surface area contributed by atoms with Crippen molar-refractivity contribution in [1.82, 2.24) is 4.98 Å². The molecule has 0 saturated carbocycles. The summed E-state index contributed by atoms with van der Waals surface area (Å²) in [6.45, 7) is 0. The predicted molar refractivity (Wildman–Crippen MR) is 75.1 cm³/mol. The number of carbonyl (C=O) groups excluding carboxylic acids is 1. The van der Waals surface area contributed by atoms with Crippen molar-refractivity contribution in [2.24, 2.45) is 0 Å². The zero-order chi connectivity index (χ0) is 15.4. The minimum atomic E-state index is -1.19. The van der Waals surface area contributed by atoms with Crippen LogP contribution in [-0.4, -0.2) is 29.0 Å². The Hall–Kier alpha value is -3.20. The monoisotopic (exact) mass is 281 g/mol. The Morgan fingerprint density at radius 2 is 1.76 bits per heavy atom. The van der Waals surface area contributed by atoms with Gasteiger partial charge in [-0.25, -0.2) is 9.78 Å². The number of pyridine rings is 1. The Labute approximate surface area is 120 Å². The number of hydrogen-bond donors (Lipinski definition) is 1. The number of carboxylic acids is 1. The van der Waals surface area contributed by atoms with E-state index in [9.17, 15) is 9.59 Å². The summed E-state index contributed by atoms with van der Waals surface area (Å²) in [6, 6.07) is 12.7. The van der Waals surface area contributed by atoms with E-state index >= 15 is 0 Å². The first-order valence-corrected chi connectivity index (χ1v) is 6.01. The molecule has 6 nitrogen and oxygen atoms in total. The number of nitriles is 1. The lowest BCUT2D eigenvalue weighted by Crippen LogP contribution is -2.27. The molecule has 0 saturated heterocycles. The molecule has 0 radical (unpaired) electrons. The van der Waals surface area contributed by atoms with Gasteiger partial charge in [-0.05, 0) is 36.4 Å². The maximum Gasteiger partial charge on any atom is 0.354 e. The van der Waals surface area contributed by atoms with Gasteiger partial charge in [0, 0.05) is 12.7 Å². The van der Waals surface area contributed by atoms with E-state index in [1.807, 2.05) is 6.07 Å². The van der Waals surface area contributed by atoms with Crippen LogP contribution in [0.3, 0.4) is 0 Å². The van der Waals surface area contributed by atoms with Crippen molar-refractivity contribution >= 4 is 17.6 Å². The van der Waals surface area contributed by atoms with Crippen molar-refractivity contribution in [2.45, 2.75) is 0 Å². The van der Waals surface area contributed by atoms with Gasteiger partial charge in [0.2, 0.25) is 0 Å². The van der Waals surface area contributed by atoms with Crippen LogP contribution in [0, 0.1) is 11.3 Å². The summed E-state index contributed by atoms with van der Waals surface area (Å²) >= 11 is 0. The molecular formula is C15H11N3O3. The molecule has 1 heterocycles. The molecule has 1 amide bonds. The third kappa shape index (κ3) is 3.04. The fourth-order valence-electron chi connectivity index (χ4n) is 1.72. The van der Waals surface area contributed by atoms with Crippen molar-refractivity contribution in [3.8, 4) is 6.07 Å². The Morgan fingerprint density at radius 3 is 2.33 bits per heavy atom. The maximum atomic E-state index is 12.3. The van der Waals surface area contributed by atoms with Gasteiger partial charge in [-0.15, -0.1) is 0 Å². The maximum absolute atomic E-state index is 12.3. The van der Waals surface area contributed by atoms with Crippen LogP contribution >= 0.6 is 0 Å². The summed E-state index contributed by atoms with van der Waals surface area (Å²) in [5.74, 6) is -1.62.